The van der Waals surface area contributed by atoms with Crippen LogP contribution in [0.4, 0.5) is 0 Å². The summed E-state index contributed by atoms with van der Waals surface area (Å²) in [5.74, 6) is 0.607. The van der Waals surface area contributed by atoms with Crippen molar-refractivity contribution in [1.29, 1.82) is 0 Å². The Hall–Kier alpha value is -0.570. The first-order valence-electron chi connectivity index (χ1n) is 6.37. The predicted octanol–water partition coefficient (Wildman–Crippen LogP) is 2.65. The molecule has 0 bridgehead atoms. The van der Waals surface area contributed by atoms with Crippen LogP contribution >= 0.6 is 11.6 Å². The molecule has 0 spiro atoms. The Morgan fingerprint density at radius 1 is 1.47 bits per heavy atom. The number of hydrogen-bond donors (Lipinski definition) is 1. The number of aryl methyl sites for hydroxylation is 1. The van der Waals surface area contributed by atoms with E-state index in [0.717, 1.165) is 31.0 Å². The lowest BCUT2D eigenvalue weighted by atomic mass is 9.96. The quantitative estimate of drug-likeness (QED) is 0.893. The molecule has 0 saturated carbocycles. The van der Waals surface area contributed by atoms with E-state index in [1.807, 2.05) is 0 Å². The minimum atomic E-state index is 0.607. The number of rotatable bonds is 4. The van der Waals surface area contributed by atoms with Gasteiger partial charge < -0.3 is 10.6 Å². The van der Waals surface area contributed by atoms with Gasteiger partial charge in [0.1, 0.15) is 0 Å². The van der Waals surface area contributed by atoms with Crippen molar-refractivity contribution in [2.24, 2.45) is 5.73 Å². The molecule has 0 aliphatic carbocycles. The van der Waals surface area contributed by atoms with Crippen molar-refractivity contribution in [2.45, 2.75) is 25.2 Å². The number of nitrogens with zero attached hydrogens (tertiary/aromatic N) is 1. The Balaban J connectivity index is 2.08. The Morgan fingerprint density at radius 2 is 2.29 bits per heavy atom. The molecule has 1 fully saturated rings. The Kier molecular flexibility index (Phi) is 4.43. The molecule has 0 aromatic heterocycles. The van der Waals surface area contributed by atoms with E-state index in [9.17, 15) is 0 Å². The van der Waals surface area contributed by atoms with Gasteiger partial charge >= 0.3 is 0 Å². The molecular weight excluding hydrogens is 232 g/mol. The first-order valence-corrected chi connectivity index (χ1v) is 6.75. The second-order valence-corrected chi connectivity index (χ2v) is 5.40. The Bertz CT molecular complexity index is 378. The number of halogens is 1. The van der Waals surface area contributed by atoms with E-state index in [0.29, 0.717) is 5.92 Å². The van der Waals surface area contributed by atoms with Gasteiger partial charge in [-0.15, -0.1) is 0 Å². The van der Waals surface area contributed by atoms with E-state index in [2.05, 4.69) is 30.1 Å². The monoisotopic (exact) mass is 252 g/mol. The van der Waals surface area contributed by atoms with Crippen molar-refractivity contribution in [3.63, 3.8) is 0 Å². The van der Waals surface area contributed by atoms with Crippen LogP contribution in [0.5, 0.6) is 0 Å². The molecule has 1 aromatic rings. The fraction of sp³-hybridized carbons (Fsp3) is 0.571. The van der Waals surface area contributed by atoms with Crippen LogP contribution in [0.25, 0.3) is 0 Å². The van der Waals surface area contributed by atoms with Crippen LogP contribution < -0.4 is 5.73 Å². The van der Waals surface area contributed by atoms with E-state index in [4.69, 9.17) is 17.3 Å². The summed E-state index contributed by atoms with van der Waals surface area (Å²) in [6.07, 6.45) is 3.28. The van der Waals surface area contributed by atoms with Crippen LogP contribution in [0.15, 0.2) is 18.2 Å². The van der Waals surface area contributed by atoms with Crippen molar-refractivity contribution in [1.82, 2.24) is 4.90 Å². The summed E-state index contributed by atoms with van der Waals surface area (Å²) in [7, 11) is 2.17. The van der Waals surface area contributed by atoms with Gasteiger partial charge in [-0.05, 0) is 62.5 Å². The summed E-state index contributed by atoms with van der Waals surface area (Å²) < 4.78 is 0. The maximum atomic E-state index is 6.39. The number of nitrogens with two attached hydrogens (primary N) is 1. The molecule has 0 radical (unpaired) electrons. The van der Waals surface area contributed by atoms with Crippen LogP contribution in [0.2, 0.25) is 5.02 Å². The standard InChI is InChI=1S/C14H21ClN2/c1-17-8-6-12(10-17)13-5-4-11(3-2-7-16)9-14(13)15/h4-5,9,12H,2-3,6-8,10,16H2,1H3. The highest BCUT2D eigenvalue weighted by atomic mass is 35.5. The van der Waals surface area contributed by atoms with Crippen LogP contribution in [0, 0.1) is 0 Å². The van der Waals surface area contributed by atoms with Crippen molar-refractivity contribution in [3.8, 4) is 0 Å². The summed E-state index contributed by atoms with van der Waals surface area (Å²) in [5, 5.41) is 0.930. The van der Waals surface area contributed by atoms with Gasteiger partial charge in [-0.25, -0.2) is 0 Å². The molecule has 2 rings (SSSR count). The van der Waals surface area contributed by atoms with E-state index in [1.165, 1.54) is 24.1 Å². The highest BCUT2D eigenvalue weighted by Gasteiger charge is 2.22. The molecule has 17 heavy (non-hydrogen) atoms. The normalized spacial score (nSPS) is 21.0. The fourth-order valence-electron chi connectivity index (χ4n) is 2.55. The molecule has 1 aliphatic rings. The van der Waals surface area contributed by atoms with Gasteiger partial charge in [-0.2, -0.15) is 0 Å². The summed E-state index contributed by atoms with van der Waals surface area (Å²) in [6.45, 7) is 3.05. The molecular formula is C14H21ClN2. The second kappa shape index (κ2) is 5.85. The third kappa shape index (κ3) is 3.21. The van der Waals surface area contributed by atoms with E-state index in [-0.39, 0.29) is 0 Å². The SMILES string of the molecule is CN1CCC(c2ccc(CCCN)cc2Cl)C1. The van der Waals surface area contributed by atoms with E-state index >= 15 is 0 Å². The zero-order valence-electron chi connectivity index (χ0n) is 10.5. The van der Waals surface area contributed by atoms with Crippen LogP contribution in [-0.2, 0) is 6.42 Å². The highest BCUT2D eigenvalue weighted by Crippen LogP contribution is 2.32. The smallest absolute Gasteiger partial charge is 0.0444 e. The minimum Gasteiger partial charge on any atom is -0.330 e. The van der Waals surface area contributed by atoms with Crippen LogP contribution in [0.1, 0.15) is 29.9 Å². The number of benzene rings is 1. The summed E-state index contributed by atoms with van der Waals surface area (Å²) >= 11 is 6.39. The van der Waals surface area contributed by atoms with Gasteiger partial charge in [0.2, 0.25) is 0 Å². The van der Waals surface area contributed by atoms with Gasteiger partial charge in [0.15, 0.2) is 0 Å². The van der Waals surface area contributed by atoms with Crippen molar-refractivity contribution in [3.05, 3.63) is 34.3 Å². The lowest BCUT2D eigenvalue weighted by Gasteiger charge is -2.13. The first-order chi connectivity index (χ1) is 8.20. The maximum absolute atomic E-state index is 6.39. The number of hydrogen-bond acceptors (Lipinski definition) is 2. The minimum absolute atomic E-state index is 0.607. The highest BCUT2D eigenvalue weighted by molar-refractivity contribution is 6.31. The van der Waals surface area contributed by atoms with Crippen LogP contribution in [-0.4, -0.2) is 31.6 Å². The van der Waals surface area contributed by atoms with Gasteiger partial charge in [0, 0.05) is 11.6 Å². The zero-order chi connectivity index (χ0) is 12.3. The molecule has 1 unspecified atom stereocenters. The molecule has 94 valence electrons. The van der Waals surface area contributed by atoms with Crippen molar-refractivity contribution >= 4 is 11.6 Å². The third-order valence-corrected chi connectivity index (χ3v) is 3.89. The average molecular weight is 253 g/mol. The predicted molar refractivity (Wildman–Crippen MR) is 73.7 cm³/mol. The lowest BCUT2D eigenvalue weighted by molar-refractivity contribution is 0.411. The Morgan fingerprint density at radius 3 is 2.88 bits per heavy atom. The maximum Gasteiger partial charge on any atom is 0.0444 e. The third-order valence-electron chi connectivity index (χ3n) is 3.57. The summed E-state index contributed by atoms with van der Waals surface area (Å²) in [4.78, 5) is 2.36. The number of likely N-dealkylation sites (tertiary alicyclic amines) is 1. The zero-order valence-corrected chi connectivity index (χ0v) is 11.2. The first kappa shape index (κ1) is 12.9. The fourth-order valence-corrected chi connectivity index (χ4v) is 2.91. The molecule has 1 atom stereocenters. The molecule has 3 heteroatoms. The second-order valence-electron chi connectivity index (χ2n) is 5.00. The molecule has 0 amide bonds. The lowest BCUT2D eigenvalue weighted by Crippen LogP contribution is -2.13. The van der Waals surface area contributed by atoms with Gasteiger partial charge in [-0.1, -0.05) is 23.7 Å². The van der Waals surface area contributed by atoms with Crippen molar-refractivity contribution in [2.75, 3.05) is 26.7 Å². The van der Waals surface area contributed by atoms with Gasteiger partial charge in [0.05, 0.1) is 0 Å². The summed E-state index contributed by atoms with van der Waals surface area (Å²) in [6, 6.07) is 6.53. The molecule has 1 aliphatic heterocycles. The molecule has 1 saturated heterocycles. The molecule has 2 N–H and O–H groups in total. The average Bonchev–Trinajstić information content (AvgIpc) is 2.73. The summed E-state index contributed by atoms with van der Waals surface area (Å²) in [5.41, 5.74) is 8.13. The van der Waals surface area contributed by atoms with E-state index < -0.39 is 0 Å². The largest absolute Gasteiger partial charge is 0.330 e. The topological polar surface area (TPSA) is 29.3 Å². The van der Waals surface area contributed by atoms with Crippen LogP contribution in [0.3, 0.4) is 0 Å². The van der Waals surface area contributed by atoms with Crippen molar-refractivity contribution < 1.29 is 0 Å². The van der Waals surface area contributed by atoms with Gasteiger partial charge in [-0.3, -0.25) is 0 Å². The molecule has 2 nitrogen and oxygen atoms in total. The van der Waals surface area contributed by atoms with Gasteiger partial charge in [0.25, 0.3) is 0 Å². The molecule has 1 aromatic carbocycles. The molecule has 1 heterocycles. The Labute approximate surface area is 109 Å². The number of likely N-dealkylation sites (N-methyl/N-ethyl adjacent to an activating group) is 1. The van der Waals surface area contributed by atoms with E-state index in [1.54, 1.807) is 0 Å².